The first-order chi connectivity index (χ1) is 9.99. The molecule has 0 spiro atoms. The lowest BCUT2D eigenvalue weighted by Gasteiger charge is -2.14. The number of methoxy groups -OCH3 is 1. The molecule has 116 valence electrons. The van der Waals surface area contributed by atoms with Gasteiger partial charge in [0.25, 0.3) is 0 Å². The molecule has 1 rings (SSSR count). The lowest BCUT2D eigenvalue weighted by molar-refractivity contribution is 0.101. The molecule has 0 aliphatic rings. The average molecular weight is 354 g/mol. The van der Waals surface area contributed by atoms with E-state index in [-0.39, 0.29) is 6.23 Å². The molecule has 0 saturated heterocycles. The third kappa shape index (κ3) is 5.59. The number of hydrogen-bond acceptors (Lipinski definition) is 4. The first-order valence-corrected chi connectivity index (χ1v) is 7.95. The molecule has 1 atom stereocenters. The van der Waals surface area contributed by atoms with Crippen molar-refractivity contribution in [1.82, 2.24) is 4.98 Å². The summed E-state index contributed by atoms with van der Waals surface area (Å²) in [5.74, 6) is 0. The van der Waals surface area contributed by atoms with Crippen LogP contribution in [0.4, 0.5) is 0 Å². The van der Waals surface area contributed by atoms with Crippen molar-refractivity contribution < 1.29 is 4.74 Å². The molecule has 1 unspecified atom stereocenters. The van der Waals surface area contributed by atoms with Gasteiger partial charge in [-0.2, -0.15) is 0 Å². The summed E-state index contributed by atoms with van der Waals surface area (Å²) < 4.78 is 6.21. The van der Waals surface area contributed by atoms with E-state index in [1.165, 1.54) is 0 Å². The predicted molar refractivity (Wildman–Crippen MR) is 92.1 cm³/mol. The molecule has 21 heavy (non-hydrogen) atoms. The summed E-state index contributed by atoms with van der Waals surface area (Å²) in [7, 11) is 1.69. The van der Waals surface area contributed by atoms with Gasteiger partial charge in [-0.25, -0.2) is 4.98 Å². The molecule has 0 amide bonds. The average Bonchev–Trinajstić information content (AvgIpc) is 2.43. The maximum atomic E-state index is 6.04. The molecule has 4 nitrogen and oxygen atoms in total. The topological polar surface area (TPSA) is 60.5 Å². The number of nitrogens with zero attached hydrogens (tertiary/aromatic N) is 2. The lowest BCUT2D eigenvalue weighted by Crippen LogP contribution is -2.13. The molecule has 5 heteroatoms. The fourth-order valence-electron chi connectivity index (χ4n) is 2.11. The van der Waals surface area contributed by atoms with Gasteiger partial charge in [0.05, 0.1) is 5.69 Å². The van der Waals surface area contributed by atoms with Gasteiger partial charge in [0.2, 0.25) is 0 Å². The highest BCUT2D eigenvalue weighted by atomic mass is 79.9. The Bertz CT molecular complexity index is 522. The van der Waals surface area contributed by atoms with E-state index in [9.17, 15) is 0 Å². The van der Waals surface area contributed by atoms with Gasteiger partial charge in [-0.3, -0.25) is 4.99 Å². The molecule has 0 bridgehead atoms. The van der Waals surface area contributed by atoms with Crippen molar-refractivity contribution in [2.24, 2.45) is 10.7 Å². The van der Waals surface area contributed by atoms with E-state index >= 15 is 0 Å². The molecule has 0 radical (unpaired) electrons. The monoisotopic (exact) mass is 353 g/mol. The van der Waals surface area contributed by atoms with Gasteiger partial charge in [-0.05, 0) is 54.8 Å². The van der Waals surface area contributed by atoms with Crippen molar-refractivity contribution in [3.05, 3.63) is 34.2 Å². The highest BCUT2D eigenvalue weighted by Gasteiger charge is 2.13. The Balaban J connectivity index is 3.09. The summed E-state index contributed by atoms with van der Waals surface area (Å²) in [5, 5.41) is 0. The van der Waals surface area contributed by atoms with Crippen LogP contribution in [0.15, 0.2) is 33.5 Å². The molecule has 1 aromatic heterocycles. The van der Waals surface area contributed by atoms with Crippen LogP contribution in [0.1, 0.15) is 45.7 Å². The van der Waals surface area contributed by atoms with Crippen molar-refractivity contribution in [3.63, 3.8) is 0 Å². The van der Waals surface area contributed by atoms with E-state index in [0.717, 1.165) is 40.8 Å². The van der Waals surface area contributed by atoms with Crippen molar-refractivity contribution in [2.45, 2.75) is 46.3 Å². The molecule has 1 heterocycles. The van der Waals surface area contributed by atoms with Crippen molar-refractivity contribution in [2.75, 3.05) is 7.11 Å². The molecular formula is C16H24BrN3O. The third-order valence-electron chi connectivity index (χ3n) is 3.14. The van der Waals surface area contributed by atoms with Gasteiger partial charge in [-0.1, -0.05) is 19.4 Å². The standard InChI is InChI=1S/C16H24BrN3O/c1-5-6-10-15(21-4)19-12(3)16(11(2)18)13-8-7-9-14(17)20-13/h7-9,15H,5-6,10,18H2,1-4H3/b16-11+,19-12+. The first kappa shape index (κ1) is 17.9. The van der Waals surface area contributed by atoms with E-state index in [0.29, 0.717) is 5.70 Å². The minimum absolute atomic E-state index is 0.133. The number of ether oxygens (including phenoxy) is 1. The molecule has 0 saturated carbocycles. The maximum Gasteiger partial charge on any atom is 0.148 e. The second kappa shape index (κ2) is 8.95. The molecule has 0 aromatic carbocycles. The molecule has 0 fully saturated rings. The zero-order valence-corrected chi connectivity index (χ0v) is 14.8. The van der Waals surface area contributed by atoms with Crippen molar-refractivity contribution in [3.8, 4) is 0 Å². The van der Waals surface area contributed by atoms with Crippen LogP contribution in [0.5, 0.6) is 0 Å². The Morgan fingerprint density at radius 3 is 2.67 bits per heavy atom. The summed E-state index contributed by atoms with van der Waals surface area (Å²) in [4.78, 5) is 9.13. The van der Waals surface area contributed by atoms with Crippen LogP contribution in [-0.2, 0) is 4.74 Å². The van der Waals surface area contributed by atoms with Crippen molar-refractivity contribution >= 4 is 27.2 Å². The number of nitrogens with two attached hydrogens (primary N) is 1. The van der Waals surface area contributed by atoms with Gasteiger partial charge in [0, 0.05) is 24.1 Å². The van der Waals surface area contributed by atoms with E-state index < -0.39 is 0 Å². The van der Waals surface area contributed by atoms with Gasteiger partial charge in [0.1, 0.15) is 10.8 Å². The quantitative estimate of drug-likeness (QED) is 0.591. The first-order valence-electron chi connectivity index (χ1n) is 7.16. The highest BCUT2D eigenvalue weighted by Crippen LogP contribution is 2.20. The molecule has 1 aromatic rings. The zero-order chi connectivity index (χ0) is 15.8. The number of hydrogen-bond donors (Lipinski definition) is 1. The summed E-state index contributed by atoms with van der Waals surface area (Å²) in [6.45, 7) is 5.97. The Morgan fingerprint density at radius 1 is 1.43 bits per heavy atom. The van der Waals surface area contributed by atoms with E-state index in [1.54, 1.807) is 7.11 Å². The fraction of sp³-hybridized carbons (Fsp3) is 0.500. The second-order valence-electron chi connectivity index (χ2n) is 4.95. The van der Waals surface area contributed by atoms with E-state index in [4.69, 9.17) is 10.5 Å². The number of aromatic nitrogens is 1. The van der Waals surface area contributed by atoms with Crippen LogP contribution in [-0.4, -0.2) is 24.0 Å². The Labute approximate surface area is 135 Å². The van der Waals surface area contributed by atoms with Crippen LogP contribution >= 0.6 is 15.9 Å². The maximum absolute atomic E-state index is 6.04. The van der Waals surface area contributed by atoms with Crippen LogP contribution in [0.3, 0.4) is 0 Å². The number of rotatable bonds is 7. The van der Waals surface area contributed by atoms with Crippen LogP contribution < -0.4 is 5.73 Å². The molecular weight excluding hydrogens is 330 g/mol. The lowest BCUT2D eigenvalue weighted by atomic mass is 10.1. The van der Waals surface area contributed by atoms with Crippen molar-refractivity contribution in [1.29, 1.82) is 0 Å². The zero-order valence-electron chi connectivity index (χ0n) is 13.2. The number of aliphatic imine (C=N–C) groups is 1. The molecule has 0 aliphatic heterocycles. The Morgan fingerprint density at radius 2 is 2.14 bits per heavy atom. The van der Waals surface area contributed by atoms with Crippen LogP contribution in [0.25, 0.3) is 5.57 Å². The van der Waals surface area contributed by atoms with E-state index in [2.05, 4.69) is 32.8 Å². The summed E-state index contributed by atoms with van der Waals surface area (Å²) in [5.41, 5.74) is 9.28. The summed E-state index contributed by atoms with van der Waals surface area (Å²) in [6.07, 6.45) is 2.99. The normalized spacial score (nSPS) is 14.8. The van der Waals surface area contributed by atoms with Crippen LogP contribution in [0, 0.1) is 0 Å². The number of unbranched alkanes of at least 4 members (excludes halogenated alkanes) is 1. The van der Waals surface area contributed by atoms with Gasteiger partial charge in [0.15, 0.2) is 0 Å². The van der Waals surface area contributed by atoms with Gasteiger partial charge < -0.3 is 10.5 Å². The third-order valence-corrected chi connectivity index (χ3v) is 3.58. The number of halogens is 1. The molecule has 0 aliphatic carbocycles. The smallest absolute Gasteiger partial charge is 0.148 e. The summed E-state index contributed by atoms with van der Waals surface area (Å²) in [6, 6.07) is 5.76. The highest BCUT2D eigenvalue weighted by molar-refractivity contribution is 9.10. The fourth-order valence-corrected chi connectivity index (χ4v) is 2.46. The van der Waals surface area contributed by atoms with Gasteiger partial charge >= 0.3 is 0 Å². The van der Waals surface area contributed by atoms with Gasteiger partial charge in [-0.15, -0.1) is 0 Å². The minimum Gasteiger partial charge on any atom is -0.402 e. The number of pyridine rings is 1. The molecule has 2 N–H and O–H groups in total. The minimum atomic E-state index is -0.133. The number of allylic oxidation sites excluding steroid dienone is 2. The largest absolute Gasteiger partial charge is 0.402 e. The van der Waals surface area contributed by atoms with E-state index in [1.807, 2.05) is 32.0 Å². The van der Waals surface area contributed by atoms with Crippen LogP contribution in [0.2, 0.25) is 0 Å². The second-order valence-corrected chi connectivity index (χ2v) is 5.76. The Hall–Kier alpha value is -1.20. The predicted octanol–water partition coefficient (Wildman–Crippen LogP) is 4.16. The Kier molecular flexibility index (Phi) is 7.61. The summed E-state index contributed by atoms with van der Waals surface area (Å²) >= 11 is 3.39. The SMILES string of the molecule is CCCCC(/N=C(C)/C(=C(/C)N)c1cccc(Br)n1)OC.